The summed E-state index contributed by atoms with van der Waals surface area (Å²) in [5, 5.41) is 0. The highest BCUT2D eigenvalue weighted by Gasteiger charge is 2.27. The molecule has 0 N–H and O–H groups in total. The van der Waals surface area contributed by atoms with Crippen molar-refractivity contribution >= 4 is 15.7 Å². The van der Waals surface area contributed by atoms with Gasteiger partial charge in [0.15, 0.2) is 0 Å². The lowest BCUT2D eigenvalue weighted by Crippen LogP contribution is -2.34. The first-order valence-corrected chi connectivity index (χ1v) is 12.7. The summed E-state index contributed by atoms with van der Waals surface area (Å²) in [6.45, 7) is 5.10. The van der Waals surface area contributed by atoms with Gasteiger partial charge in [-0.1, -0.05) is 37.6 Å². The van der Waals surface area contributed by atoms with Crippen LogP contribution in [0.5, 0.6) is 5.75 Å². The molecule has 0 saturated heterocycles. The third-order valence-electron chi connectivity index (χ3n) is 5.89. The lowest BCUT2D eigenvalue weighted by Gasteiger charge is -2.25. The molecule has 162 valence electrons. The second kappa shape index (κ2) is 9.40. The van der Waals surface area contributed by atoms with Crippen molar-refractivity contribution in [3.8, 4) is 5.75 Å². The molecular weight excluding hydrogens is 396 g/mol. The third kappa shape index (κ3) is 5.35. The van der Waals surface area contributed by atoms with Gasteiger partial charge in [0.05, 0.1) is 5.75 Å². The van der Waals surface area contributed by atoms with Crippen LogP contribution in [0.15, 0.2) is 48.5 Å². The van der Waals surface area contributed by atoms with Gasteiger partial charge in [-0.3, -0.25) is 0 Å². The van der Waals surface area contributed by atoms with Gasteiger partial charge < -0.3 is 9.64 Å². The van der Waals surface area contributed by atoms with Crippen molar-refractivity contribution in [1.29, 1.82) is 0 Å². The summed E-state index contributed by atoms with van der Waals surface area (Å²) < 4.78 is 33.0. The Bertz CT molecular complexity index is 942. The van der Waals surface area contributed by atoms with Crippen molar-refractivity contribution in [3.05, 3.63) is 59.7 Å². The van der Waals surface area contributed by atoms with Gasteiger partial charge in [-0.15, -0.1) is 0 Å². The lowest BCUT2D eigenvalue weighted by atomic mass is 10.1. The van der Waals surface area contributed by atoms with Gasteiger partial charge in [-0.05, 0) is 55.0 Å². The van der Waals surface area contributed by atoms with E-state index >= 15 is 0 Å². The molecule has 30 heavy (non-hydrogen) atoms. The quantitative estimate of drug-likeness (QED) is 0.593. The Kier molecular flexibility index (Phi) is 6.64. The van der Waals surface area contributed by atoms with Crippen LogP contribution in [0.25, 0.3) is 0 Å². The number of unbranched alkanes of at least 4 members (excludes halogenated alkanes) is 1. The number of benzene rings is 2. The highest BCUT2D eigenvalue weighted by Crippen LogP contribution is 2.33. The minimum Gasteiger partial charge on any atom is -0.492 e. The van der Waals surface area contributed by atoms with Crippen LogP contribution in [0.2, 0.25) is 0 Å². The molecule has 1 aliphatic heterocycles. The first kappa shape index (κ1) is 21.2. The summed E-state index contributed by atoms with van der Waals surface area (Å²) in [5.74, 6) is 1.80. The largest absolute Gasteiger partial charge is 0.492 e. The molecule has 2 aromatic rings. The molecule has 2 aromatic carbocycles. The van der Waals surface area contributed by atoms with Crippen molar-refractivity contribution in [2.75, 3.05) is 30.3 Å². The Labute approximate surface area is 180 Å². The lowest BCUT2D eigenvalue weighted by molar-refractivity contribution is 0.293. The van der Waals surface area contributed by atoms with Crippen LogP contribution in [-0.4, -0.2) is 38.2 Å². The van der Waals surface area contributed by atoms with Gasteiger partial charge >= 0.3 is 0 Å². The van der Waals surface area contributed by atoms with Crippen molar-refractivity contribution < 1.29 is 13.2 Å². The predicted molar refractivity (Wildman–Crippen MR) is 121 cm³/mol. The van der Waals surface area contributed by atoms with E-state index < -0.39 is 10.0 Å². The van der Waals surface area contributed by atoms with Crippen molar-refractivity contribution in [3.63, 3.8) is 0 Å². The van der Waals surface area contributed by atoms with Crippen LogP contribution in [0, 0.1) is 5.92 Å². The fourth-order valence-electron chi connectivity index (χ4n) is 3.95. The molecule has 1 heterocycles. The molecule has 0 radical (unpaired) electrons. The second-order valence-electron chi connectivity index (χ2n) is 8.45. The average molecular weight is 429 g/mol. The smallest absolute Gasteiger partial charge is 0.214 e. The molecule has 2 aliphatic rings. The van der Waals surface area contributed by atoms with E-state index in [1.165, 1.54) is 24.1 Å². The maximum absolute atomic E-state index is 12.7. The van der Waals surface area contributed by atoms with Gasteiger partial charge in [0.25, 0.3) is 0 Å². The monoisotopic (exact) mass is 428 g/mol. The molecule has 0 unspecified atom stereocenters. The van der Waals surface area contributed by atoms with Crippen LogP contribution in [-0.2, 0) is 23.1 Å². The summed E-state index contributed by atoms with van der Waals surface area (Å²) in [6, 6.07) is 16.8. The zero-order valence-corrected chi connectivity index (χ0v) is 18.6. The van der Waals surface area contributed by atoms with E-state index in [4.69, 9.17) is 4.74 Å². The number of anilines is 1. The number of rotatable bonds is 9. The molecule has 0 spiro atoms. The minimum atomic E-state index is -3.26. The summed E-state index contributed by atoms with van der Waals surface area (Å²) in [7, 11) is -3.26. The summed E-state index contributed by atoms with van der Waals surface area (Å²) in [6.07, 6.45) is 4.19. The van der Waals surface area contributed by atoms with Gasteiger partial charge in [-0.2, -0.15) is 4.31 Å². The fraction of sp³-hybridized carbons (Fsp3) is 0.500. The van der Waals surface area contributed by atoms with Gasteiger partial charge in [0.1, 0.15) is 12.4 Å². The fourth-order valence-corrected chi connectivity index (χ4v) is 5.55. The molecule has 0 atom stereocenters. The highest BCUT2D eigenvalue weighted by molar-refractivity contribution is 7.89. The molecule has 0 bridgehead atoms. The van der Waals surface area contributed by atoms with Crippen LogP contribution >= 0.6 is 0 Å². The number of ether oxygens (including phenoxy) is 1. The topological polar surface area (TPSA) is 49.9 Å². The van der Waals surface area contributed by atoms with E-state index in [2.05, 4.69) is 41.3 Å². The summed E-state index contributed by atoms with van der Waals surface area (Å²) >= 11 is 0. The van der Waals surface area contributed by atoms with Gasteiger partial charge in [-0.25, -0.2) is 8.42 Å². The molecule has 4 rings (SSSR count). The first-order chi connectivity index (χ1) is 14.5. The SMILES string of the molecule is CCCCS(=O)(=O)N1CCOc2ccc(CN(CC3CC3)c3ccccc3)cc2C1. The second-order valence-corrected chi connectivity index (χ2v) is 10.5. The molecule has 0 amide bonds. The molecule has 1 aliphatic carbocycles. The Morgan fingerprint density at radius 1 is 1.13 bits per heavy atom. The Morgan fingerprint density at radius 2 is 1.93 bits per heavy atom. The number of para-hydroxylation sites is 1. The Hall–Kier alpha value is -2.05. The van der Waals surface area contributed by atoms with E-state index in [0.29, 0.717) is 26.1 Å². The normalized spacial score (nSPS) is 17.1. The zero-order chi connectivity index (χ0) is 21.0. The molecular formula is C24H32N2O3S. The zero-order valence-electron chi connectivity index (χ0n) is 17.8. The van der Waals surface area contributed by atoms with Crippen molar-refractivity contribution in [1.82, 2.24) is 4.31 Å². The van der Waals surface area contributed by atoms with Gasteiger partial charge in [0, 0.05) is 37.4 Å². The van der Waals surface area contributed by atoms with E-state index in [1.807, 2.05) is 19.1 Å². The highest BCUT2D eigenvalue weighted by atomic mass is 32.2. The maximum atomic E-state index is 12.7. The van der Waals surface area contributed by atoms with E-state index in [-0.39, 0.29) is 5.75 Å². The Balaban J connectivity index is 1.53. The van der Waals surface area contributed by atoms with Crippen LogP contribution < -0.4 is 9.64 Å². The number of fused-ring (bicyclic) bond motifs is 1. The molecule has 1 fully saturated rings. The summed E-state index contributed by atoms with van der Waals surface area (Å²) in [4.78, 5) is 2.44. The Morgan fingerprint density at radius 3 is 2.67 bits per heavy atom. The molecule has 0 aromatic heterocycles. The van der Waals surface area contributed by atoms with E-state index in [1.54, 1.807) is 4.31 Å². The average Bonchev–Trinajstić information content (AvgIpc) is 3.58. The van der Waals surface area contributed by atoms with Crippen molar-refractivity contribution in [2.45, 2.75) is 45.7 Å². The van der Waals surface area contributed by atoms with Crippen LogP contribution in [0.4, 0.5) is 5.69 Å². The first-order valence-electron chi connectivity index (χ1n) is 11.1. The maximum Gasteiger partial charge on any atom is 0.214 e. The van der Waals surface area contributed by atoms with Crippen molar-refractivity contribution in [2.24, 2.45) is 5.92 Å². The summed E-state index contributed by atoms with van der Waals surface area (Å²) in [5.41, 5.74) is 3.39. The van der Waals surface area contributed by atoms with Crippen LogP contribution in [0.1, 0.15) is 43.7 Å². The molecule has 1 saturated carbocycles. The van der Waals surface area contributed by atoms with Gasteiger partial charge in [0.2, 0.25) is 10.0 Å². The van der Waals surface area contributed by atoms with E-state index in [9.17, 15) is 8.42 Å². The number of sulfonamides is 1. The molecule has 6 heteroatoms. The standard InChI is InChI=1S/C24H32N2O3S/c1-2-3-15-30(27,28)26-13-14-29-24-12-11-21(16-22(24)19-26)18-25(17-20-9-10-20)23-7-5-4-6-8-23/h4-8,11-12,16,20H,2-3,9-10,13-15,17-19H2,1H3. The predicted octanol–water partition coefficient (Wildman–Crippen LogP) is 4.43. The number of hydrogen-bond donors (Lipinski definition) is 0. The van der Waals surface area contributed by atoms with E-state index in [0.717, 1.165) is 36.7 Å². The minimum absolute atomic E-state index is 0.210. The number of nitrogens with zero attached hydrogens (tertiary/aromatic N) is 2. The number of hydrogen-bond acceptors (Lipinski definition) is 4. The third-order valence-corrected chi connectivity index (χ3v) is 7.79. The van der Waals surface area contributed by atoms with Crippen LogP contribution in [0.3, 0.4) is 0 Å². The molecule has 5 nitrogen and oxygen atoms in total.